The maximum absolute atomic E-state index is 14.5. The van der Waals surface area contributed by atoms with E-state index in [2.05, 4.69) is 10.6 Å². The number of carboxylic acids is 4. The number of sulfonamides is 2. The molecule has 64 heavy (non-hydrogen) atoms. The first-order chi connectivity index (χ1) is 30.3. The number of rotatable bonds is 32. The largest absolute Gasteiger partial charge is 0.490 e. The number of nitrogens with zero attached hydrogens (tertiary/aromatic N) is 2. The third-order valence-corrected chi connectivity index (χ3v) is 13.9. The lowest BCUT2D eigenvalue weighted by molar-refractivity contribution is -0.145. The number of carboxylic acid groups (broad SMARTS) is 4. The van der Waals surface area contributed by atoms with Crippen molar-refractivity contribution in [1.82, 2.24) is 19.2 Å². The van der Waals surface area contributed by atoms with E-state index >= 15 is 0 Å². The molecule has 4 rings (SSSR count). The van der Waals surface area contributed by atoms with Crippen molar-refractivity contribution >= 4 is 81.9 Å². The van der Waals surface area contributed by atoms with Crippen LogP contribution in [0.2, 0.25) is 0 Å². The predicted molar refractivity (Wildman–Crippen MR) is 232 cm³/mol. The summed E-state index contributed by atoms with van der Waals surface area (Å²) in [5.74, 6) is -5.14. The van der Waals surface area contributed by atoms with Crippen molar-refractivity contribution in [3.05, 3.63) is 36.4 Å². The maximum Gasteiger partial charge on any atom is 0.321 e. The number of hydrogen-bond donors (Lipinski definition) is 8. The Morgan fingerprint density at radius 1 is 0.625 bits per heavy atom. The number of nitrogen functional groups attached to an aromatic ring is 1. The Bertz CT molecular complexity index is 2370. The fourth-order valence-electron chi connectivity index (χ4n) is 6.86. The molecule has 0 bridgehead atoms. The number of nitrogens with two attached hydrogens (primary N) is 1. The second kappa shape index (κ2) is 23.8. The molecule has 4 aromatic rings. The van der Waals surface area contributed by atoms with E-state index < -0.39 is 68.8 Å². The molecule has 22 nitrogen and oxygen atoms in total. The Balaban J connectivity index is 1.70. The zero-order valence-electron chi connectivity index (χ0n) is 35.4. The van der Waals surface area contributed by atoms with Crippen molar-refractivity contribution in [2.45, 2.75) is 47.6 Å². The number of aliphatic carboxylic acids is 4. The highest BCUT2D eigenvalue weighted by atomic mass is 32.2. The molecular weight excluding hydrogens is 887 g/mol. The van der Waals surface area contributed by atoms with Crippen LogP contribution in [0, 0.1) is 0 Å². The predicted octanol–water partition coefficient (Wildman–Crippen LogP) is 0.643. The van der Waals surface area contributed by atoms with E-state index in [0.29, 0.717) is 41.7 Å². The van der Waals surface area contributed by atoms with E-state index in [0.717, 1.165) is 14.7 Å². The smallest absolute Gasteiger partial charge is 0.321 e. The molecule has 0 saturated heterocycles. The van der Waals surface area contributed by atoms with Gasteiger partial charge in [-0.3, -0.25) is 19.2 Å². The number of hydrogen-bond acceptors (Lipinski definition) is 16. The Kier molecular flexibility index (Phi) is 19.2. The van der Waals surface area contributed by atoms with Gasteiger partial charge in [0.2, 0.25) is 20.0 Å². The number of carbonyl (C=O) groups is 4. The maximum atomic E-state index is 14.5. The normalized spacial score (nSPS) is 13.3. The zero-order valence-corrected chi connectivity index (χ0v) is 37.0. The number of aliphatic hydroxyl groups excluding tert-OH is 1. The third-order valence-electron chi connectivity index (χ3n) is 10.1. The van der Waals surface area contributed by atoms with Crippen LogP contribution >= 0.6 is 0 Å². The first kappa shape index (κ1) is 51.6. The van der Waals surface area contributed by atoms with Gasteiger partial charge < -0.3 is 60.8 Å². The van der Waals surface area contributed by atoms with Gasteiger partial charge in [0.15, 0.2) is 0 Å². The highest BCUT2D eigenvalue weighted by molar-refractivity contribution is 7.90. The van der Waals surface area contributed by atoms with Crippen LogP contribution in [0.1, 0.15) is 25.7 Å². The second-order valence-corrected chi connectivity index (χ2v) is 18.6. The Morgan fingerprint density at radius 2 is 1.03 bits per heavy atom. The molecule has 0 aliphatic carbocycles. The van der Waals surface area contributed by atoms with Crippen LogP contribution in [0.3, 0.4) is 0 Å². The topological polar surface area (TPSA) is 331 Å². The second-order valence-electron chi connectivity index (χ2n) is 14.6. The van der Waals surface area contributed by atoms with Crippen molar-refractivity contribution < 1.29 is 80.5 Å². The summed E-state index contributed by atoms with van der Waals surface area (Å²) in [5.41, 5.74) is 6.81. The van der Waals surface area contributed by atoms with Crippen molar-refractivity contribution in [2.24, 2.45) is 0 Å². The van der Waals surface area contributed by atoms with Crippen molar-refractivity contribution in [1.29, 1.82) is 0 Å². The minimum Gasteiger partial charge on any atom is -0.490 e. The zero-order chi connectivity index (χ0) is 47.2. The van der Waals surface area contributed by atoms with Gasteiger partial charge in [-0.2, -0.15) is 0 Å². The van der Waals surface area contributed by atoms with Crippen molar-refractivity contribution in [2.75, 3.05) is 98.9 Å². The molecule has 4 aromatic carbocycles. The molecule has 0 amide bonds. The fourth-order valence-corrected chi connectivity index (χ4v) is 9.78. The summed E-state index contributed by atoms with van der Waals surface area (Å²) < 4.78 is 82.3. The molecule has 0 aliphatic heterocycles. The summed E-state index contributed by atoms with van der Waals surface area (Å²) in [6.45, 7) is 1.09. The van der Waals surface area contributed by atoms with E-state index in [1.165, 1.54) is 20.2 Å². The highest BCUT2D eigenvalue weighted by Crippen LogP contribution is 2.45. The molecule has 0 aliphatic rings. The molecular formula is C40H55N5O17S2. The Hall–Kier alpha value is -5.02. The van der Waals surface area contributed by atoms with Gasteiger partial charge in [-0.1, -0.05) is 18.2 Å². The van der Waals surface area contributed by atoms with Gasteiger partial charge in [0.1, 0.15) is 24.4 Å². The fraction of sp³-hybridized carbons (Fsp3) is 0.500. The summed E-state index contributed by atoms with van der Waals surface area (Å²) >= 11 is 0. The number of benzene rings is 4. The molecule has 2 atom stereocenters. The summed E-state index contributed by atoms with van der Waals surface area (Å²) in [6.07, 6.45) is -1.30. The number of nitrogens with one attached hydrogen (secondary N) is 2. The van der Waals surface area contributed by atoms with E-state index in [1.54, 1.807) is 24.3 Å². The van der Waals surface area contributed by atoms with Gasteiger partial charge in [-0.25, -0.2) is 25.4 Å². The van der Waals surface area contributed by atoms with Gasteiger partial charge >= 0.3 is 23.9 Å². The SMILES string of the molecule is CN(CCCNC(CC(=O)O)C(=O)O)S(=O)(=O)c1cc(S(=O)(=O)N(C)CCCNC(CC(=O)O)C(=O)O)c2ccc3c(OCCOCCOCCOCCO)cc(N)c4ccc1c2c43. The monoisotopic (exact) mass is 941 g/mol. The number of ether oxygens (including phenoxy) is 4. The van der Waals surface area contributed by atoms with Gasteiger partial charge in [-0.15, -0.1) is 0 Å². The van der Waals surface area contributed by atoms with Crippen LogP contribution in [0.25, 0.3) is 32.3 Å². The van der Waals surface area contributed by atoms with Gasteiger partial charge in [0.05, 0.1) is 68.9 Å². The molecule has 0 saturated carbocycles. The molecule has 2 unspecified atom stereocenters. The quantitative estimate of drug-likeness (QED) is 0.0189. The molecule has 0 fully saturated rings. The van der Waals surface area contributed by atoms with Crippen LogP contribution in [0.5, 0.6) is 5.75 Å². The van der Waals surface area contributed by atoms with E-state index in [4.69, 9.17) is 40.0 Å². The Labute approximate surface area is 369 Å². The van der Waals surface area contributed by atoms with Crippen LogP contribution in [-0.4, -0.2) is 180 Å². The average Bonchev–Trinajstić information content (AvgIpc) is 3.23. The molecule has 0 radical (unpaired) electrons. The highest BCUT2D eigenvalue weighted by Gasteiger charge is 2.32. The van der Waals surface area contributed by atoms with Crippen LogP contribution < -0.4 is 21.1 Å². The van der Waals surface area contributed by atoms with Crippen LogP contribution in [0.15, 0.2) is 46.2 Å². The van der Waals surface area contributed by atoms with E-state index in [1.807, 2.05) is 0 Å². The van der Waals surface area contributed by atoms with Crippen molar-refractivity contribution in [3.63, 3.8) is 0 Å². The average molecular weight is 942 g/mol. The standard InChI is InChI=1S/C40H55N5O17S2/c1-44(11-3-9-42-30(39(51)52)22-35(47)48)63(55,56)33-24-34(64(57,58)45(2)12-4-10-43-31(40(53)54)23-36(49)50)28-8-6-26-32(21-29(41)25-5-7-27(33)38(28)37(25)26)62-20-19-61-18-17-60-16-15-59-14-13-46/h5-8,21,24,30-31,42-43,46H,3-4,9-20,22-23,41H2,1-2H3,(H,47,48)(H,49,50)(H,51,52)(H,53,54). The number of aliphatic hydroxyl groups is 1. The lowest BCUT2D eigenvalue weighted by atomic mass is 9.93. The first-order valence-corrected chi connectivity index (χ1v) is 23.0. The van der Waals surface area contributed by atoms with E-state index in [-0.39, 0.29) is 104 Å². The first-order valence-electron chi connectivity index (χ1n) is 20.1. The van der Waals surface area contributed by atoms with Gasteiger partial charge in [-0.05, 0) is 38.1 Å². The lowest BCUT2D eigenvalue weighted by Gasteiger charge is -2.24. The van der Waals surface area contributed by atoms with Crippen LogP contribution in [-0.2, 0) is 53.4 Å². The number of anilines is 1. The molecule has 0 spiro atoms. The lowest BCUT2D eigenvalue weighted by Crippen LogP contribution is -2.40. The van der Waals surface area contributed by atoms with Gasteiger partial charge in [0.25, 0.3) is 0 Å². The summed E-state index contributed by atoms with van der Waals surface area (Å²) in [5, 5.41) is 52.8. The van der Waals surface area contributed by atoms with Gasteiger partial charge in [0, 0.05) is 71.3 Å². The molecule has 0 heterocycles. The summed E-state index contributed by atoms with van der Waals surface area (Å²) in [6, 6.07) is 6.19. The van der Waals surface area contributed by atoms with E-state index in [9.17, 15) is 46.2 Å². The minimum atomic E-state index is -4.52. The molecule has 0 aromatic heterocycles. The molecule has 24 heteroatoms. The summed E-state index contributed by atoms with van der Waals surface area (Å²) in [4.78, 5) is 44.5. The Morgan fingerprint density at radius 3 is 1.47 bits per heavy atom. The summed E-state index contributed by atoms with van der Waals surface area (Å²) in [7, 11) is -6.49. The van der Waals surface area contributed by atoms with Crippen molar-refractivity contribution in [3.8, 4) is 5.75 Å². The molecule has 9 N–H and O–H groups in total. The minimum absolute atomic E-state index is 0.0520. The molecule has 354 valence electrons. The van der Waals surface area contributed by atoms with Crippen LogP contribution in [0.4, 0.5) is 5.69 Å². The third kappa shape index (κ3) is 13.3.